The fraction of sp³-hybridized carbons (Fsp3) is 0.714. The van der Waals surface area contributed by atoms with E-state index in [-0.39, 0.29) is 23.6 Å². The quantitative estimate of drug-likeness (QED) is 0.877. The Hall–Kier alpha value is -1.40. The SMILES string of the molecule is CC1CN(CC(C)(C)n2c[c]nc2C(N)=O)CC(C)O1. The maximum Gasteiger partial charge on any atom is 0.284 e. The molecule has 111 valence electrons. The molecular formula is C14H23N4O2. The topological polar surface area (TPSA) is 73.4 Å². The minimum atomic E-state index is -0.525. The number of hydrogen-bond acceptors (Lipinski definition) is 4. The lowest BCUT2D eigenvalue weighted by Crippen LogP contribution is -2.51. The smallest absolute Gasteiger partial charge is 0.284 e. The van der Waals surface area contributed by atoms with Gasteiger partial charge in [-0.2, -0.15) is 0 Å². The summed E-state index contributed by atoms with van der Waals surface area (Å²) in [4.78, 5) is 17.7. The van der Waals surface area contributed by atoms with Gasteiger partial charge in [-0.15, -0.1) is 0 Å². The highest BCUT2D eigenvalue weighted by Crippen LogP contribution is 2.21. The highest BCUT2D eigenvalue weighted by Gasteiger charge is 2.31. The van der Waals surface area contributed by atoms with Crippen LogP contribution in [0.25, 0.3) is 0 Å². The Morgan fingerprint density at radius 3 is 2.65 bits per heavy atom. The molecule has 6 nitrogen and oxygen atoms in total. The molecule has 1 amide bonds. The number of nitrogens with two attached hydrogens (primary N) is 1. The van der Waals surface area contributed by atoms with Gasteiger partial charge in [0.25, 0.3) is 5.91 Å². The lowest BCUT2D eigenvalue weighted by Gasteiger charge is -2.40. The molecule has 0 aromatic carbocycles. The summed E-state index contributed by atoms with van der Waals surface area (Å²) in [5.74, 6) is -0.271. The second kappa shape index (κ2) is 5.54. The summed E-state index contributed by atoms with van der Waals surface area (Å²) in [5, 5.41) is 0. The van der Waals surface area contributed by atoms with E-state index in [9.17, 15) is 4.79 Å². The van der Waals surface area contributed by atoms with Gasteiger partial charge in [0.15, 0.2) is 5.82 Å². The highest BCUT2D eigenvalue weighted by molar-refractivity contribution is 5.89. The minimum absolute atomic E-state index is 0.222. The molecule has 1 saturated heterocycles. The number of imidazole rings is 1. The zero-order chi connectivity index (χ0) is 14.9. The van der Waals surface area contributed by atoms with Crippen LogP contribution < -0.4 is 5.73 Å². The highest BCUT2D eigenvalue weighted by atomic mass is 16.5. The fourth-order valence-corrected chi connectivity index (χ4v) is 2.93. The van der Waals surface area contributed by atoms with Gasteiger partial charge in [-0.25, -0.2) is 4.98 Å². The van der Waals surface area contributed by atoms with Crippen molar-refractivity contribution in [3.8, 4) is 0 Å². The summed E-state index contributed by atoms with van der Waals surface area (Å²) < 4.78 is 7.55. The number of amides is 1. The maximum atomic E-state index is 11.4. The minimum Gasteiger partial charge on any atom is -0.373 e. The largest absolute Gasteiger partial charge is 0.373 e. The van der Waals surface area contributed by atoms with Crippen LogP contribution in [0.2, 0.25) is 0 Å². The molecule has 0 spiro atoms. The van der Waals surface area contributed by atoms with E-state index in [0.717, 1.165) is 19.6 Å². The summed E-state index contributed by atoms with van der Waals surface area (Å²) >= 11 is 0. The Bertz CT molecular complexity index is 473. The van der Waals surface area contributed by atoms with E-state index in [2.05, 4.69) is 43.8 Å². The van der Waals surface area contributed by atoms with Gasteiger partial charge < -0.3 is 15.0 Å². The molecule has 0 aliphatic carbocycles. The average Bonchev–Trinajstić information content (AvgIpc) is 2.75. The third-order valence-electron chi connectivity index (χ3n) is 3.56. The first kappa shape index (κ1) is 15.0. The fourth-order valence-electron chi connectivity index (χ4n) is 2.93. The predicted octanol–water partition coefficient (Wildman–Crippen LogP) is 0.626. The molecule has 1 fully saturated rings. The number of hydrogen-bond donors (Lipinski definition) is 1. The summed E-state index contributed by atoms with van der Waals surface area (Å²) in [6, 6.07) is 0. The van der Waals surface area contributed by atoms with Crippen LogP contribution in [0.4, 0.5) is 0 Å². The van der Waals surface area contributed by atoms with Gasteiger partial charge in [0.1, 0.15) is 6.20 Å². The van der Waals surface area contributed by atoms with Crippen LogP contribution in [0.1, 0.15) is 38.3 Å². The molecule has 2 unspecified atom stereocenters. The first-order chi connectivity index (χ1) is 9.29. The Balaban J connectivity index is 2.14. The Morgan fingerprint density at radius 1 is 1.50 bits per heavy atom. The number of nitrogens with zero attached hydrogens (tertiary/aromatic N) is 3. The Labute approximate surface area is 119 Å². The average molecular weight is 279 g/mol. The monoisotopic (exact) mass is 279 g/mol. The maximum absolute atomic E-state index is 11.4. The van der Waals surface area contributed by atoms with Crippen LogP contribution in [-0.4, -0.2) is 52.2 Å². The van der Waals surface area contributed by atoms with Gasteiger partial charge in [0.2, 0.25) is 0 Å². The third kappa shape index (κ3) is 3.19. The van der Waals surface area contributed by atoms with Gasteiger partial charge >= 0.3 is 0 Å². The normalized spacial score (nSPS) is 24.8. The number of morpholine rings is 1. The standard InChI is InChI=1S/C14H23N4O2/c1-10-7-17(8-11(2)20-10)9-14(3,4)18-6-5-16-13(18)12(15)19/h6,10-11H,7-9H2,1-4H3,(H2,15,19). The molecule has 0 saturated carbocycles. The van der Waals surface area contributed by atoms with Crippen molar-refractivity contribution in [3.05, 3.63) is 18.2 Å². The van der Waals surface area contributed by atoms with Crippen molar-refractivity contribution in [2.45, 2.75) is 45.4 Å². The first-order valence-corrected chi connectivity index (χ1v) is 6.93. The number of aromatic nitrogens is 2. The zero-order valence-corrected chi connectivity index (χ0v) is 12.6. The van der Waals surface area contributed by atoms with Crippen molar-refractivity contribution in [1.29, 1.82) is 0 Å². The molecule has 1 aliphatic heterocycles. The van der Waals surface area contributed by atoms with Crippen molar-refractivity contribution in [2.24, 2.45) is 5.73 Å². The summed E-state index contributed by atoms with van der Waals surface area (Å²) in [6.07, 6.45) is 4.84. The van der Waals surface area contributed by atoms with Crippen LogP contribution in [0.5, 0.6) is 0 Å². The summed E-state index contributed by atoms with van der Waals surface area (Å²) in [6.45, 7) is 10.9. The number of carbonyl (C=O) groups excluding carboxylic acids is 1. The van der Waals surface area contributed by atoms with E-state index in [1.807, 2.05) is 0 Å². The van der Waals surface area contributed by atoms with Crippen LogP contribution in [0, 0.1) is 6.20 Å². The van der Waals surface area contributed by atoms with E-state index in [4.69, 9.17) is 10.5 Å². The number of ether oxygens (including phenoxy) is 1. The van der Waals surface area contributed by atoms with E-state index in [1.54, 1.807) is 10.8 Å². The van der Waals surface area contributed by atoms with Gasteiger partial charge in [-0.05, 0) is 27.7 Å². The second-order valence-corrected chi connectivity index (χ2v) is 6.19. The first-order valence-electron chi connectivity index (χ1n) is 6.93. The van der Waals surface area contributed by atoms with Crippen LogP contribution in [-0.2, 0) is 10.3 Å². The number of carbonyl (C=O) groups is 1. The molecule has 2 N–H and O–H groups in total. The zero-order valence-electron chi connectivity index (χ0n) is 12.6. The van der Waals surface area contributed by atoms with Crippen molar-refractivity contribution < 1.29 is 9.53 Å². The van der Waals surface area contributed by atoms with Gasteiger partial charge in [0, 0.05) is 25.8 Å². The molecule has 2 rings (SSSR count). The summed E-state index contributed by atoms with van der Waals surface area (Å²) in [7, 11) is 0. The molecule has 6 heteroatoms. The number of rotatable bonds is 4. The molecule has 2 heterocycles. The molecule has 1 radical (unpaired) electrons. The molecule has 2 atom stereocenters. The Morgan fingerprint density at radius 2 is 2.10 bits per heavy atom. The van der Waals surface area contributed by atoms with E-state index in [0.29, 0.717) is 0 Å². The van der Waals surface area contributed by atoms with Crippen molar-refractivity contribution in [2.75, 3.05) is 19.6 Å². The van der Waals surface area contributed by atoms with E-state index < -0.39 is 5.91 Å². The van der Waals surface area contributed by atoms with Crippen molar-refractivity contribution in [3.63, 3.8) is 0 Å². The van der Waals surface area contributed by atoms with E-state index in [1.165, 1.54) is 0 Å². The molecule has 1 aromatic rings. The van der Waals surface area contributed by atoms with Crippen molar-refractivity contribution in [1.82, 2.24) is 14.5 Å². The molecule has 20 heavy (non-hydrogen) atoms. The molecule has 1 aromatic heterocycles. The molecule has 1 aliphatic rings. The van der Waals surface area contributed by atoms with Crippen molar-refractivity contribution >= 4 is 5.91 Å². The van der Waals surface area contributed by atoms with Crippen LogP contribution >= 0.6 is 0 Å². The molecular weight excluding hydrogens is 256 g/mol. The van der Waals surface area contributed by atoms with Gasteiger partial charge in [-0.3, -0.25) is 9.69 Å². The lowest BCUT2D eigenvalue weighted by molar-refractivity contribution is -0.0748. The number of primary amides is 1. The van der Waals surface area contributed by atoms with E-state index >= 15 is 0 Å². The van der Waals surface area contributed by atoms with Gasteiger partial charge in [0.05, 0.1) is 17.7 Å². The lowest BCUT2D eigenvalue weighted by atomic mass is 10.0. The van der Waals surface area contributed by atoms with Gasteiger partial charge in [-0.1, -0.05) is 0 Å². The van der Waals surface area contributed by atoms with Crippen LogP contribution in [0.15, 0.2) is 6.20 Å². The Kier molecular flexibility index (Phi) is 4.15. The predicted molar refractivity (Wildman–Crippen MR) is 75.4 cm³/mol. The second-order valence-electron chi connectivity index (χ2n) is 6.19. The molecule has 0 bridgehead atoms. The third-order valence-corrected chi connectivity index (χ3v) is 3.56. The van der Waals surface area contributed by atoms with Crippen LogP contribution in [0.3, 0.4) is 0 Å². The summed E-state index contributed by atoms with van der Waals surface area (Å²) in [5.41, 5.74) is 5.07.